The van der Waals surface area contributed by atoms with Crippen LogP contribution in [0.3, 0.4) is 0 Å². The van der Waals surface area contributed by atoms with Gasteiger partial charge in [-0.2, -0.15) is 5.10 Å². The van der Waals surface area contributed by atoms with Crippen LogP contribution in [0, 0.1) is 6.92 Å². The van der Waals surface area contributed by atoms with Gasteiger partial charge in [-0.05, 0) is 50.6 Å². The Morgan fingerprint density at radius 2 is 1.87 bits per heavy atom. The van der Waals surface area contributed by atoms with Gasteiger partial charge in [-0.3, -0.25) is 4.79 Å². The molecule has 3 rings (SSSR count). The summed E-state index contributed by atoms with van der Waals surface area (Å²) in [4.78, 5) is 12.1. The van der Waals surface area contributed by atoms with Gasteiger partial charge in [0.1, 0.15) is 5.75 Å². The first-order chi connectivity index (χ1) is 14.6. The van der Waals surface area contributed by atoms with Crippen molar-refractivity contribution in [3.63, 3.8) is 0 Å². The van der Waals surface area contributed by atoms with Crippen molar-refractivity contribution >= 4 is 23.9 Å². The second kappa shape index (κ2) is 10.6. The zero-order chi connectivity index (χ0) is 21.3. The quantitative estimate of drug-likeness (QED) is 0.321. The molecule has 0 unspecified atom stereocenters. The van der Waals surface area contributed by atoms with Gasteiger partial charge < -0.3 is 9.30 Å². The molecule has 0 bridgehead atoms. The van der Waals surface area contributed by atoms with E-state index in [2.05, 4.69) is 20.7 Å². The van der Waals surface area contributed by atoms with Crippen molar-refractivity contribution in [2.24, 2.45) is 5.10 Å². The largest absolute Gasteiger partial charge is 0.494 e. The minimum absolute atomic E-state index is 0.201. The predicted molar refractivity (Wildman–Crippen MR) is 120 cm³/mol. The Morgan fingerprint density at radius 1 is 1.13 bits per heavy atom. The lowest BCUT2D eigenvalue weighted by molar-refractivity contribution is -0.118. The molecule has 0 atom stereocenters. The molecule has 0 aliphatic heterocycles. The molecule has 0 spiro atoms. The first kappa shape index (κ1) is 21.6. The first-order valence-corrected chi connectivity index (χ1v) is 10.8. The highest BCUT2D eigenvalue weighted by atomic mass is 32.2. The van der Waals surface area contributed by atoms with Gasteiger partial charge in [0.15, 0.2) is 11.0 Å². The van der Waals surface area contributed by atoms with Crippen molar-refractivity contribution in [1.82, 2.24) is 20.2 Å². The van der Waals surface area contributed by atoms with Gasteiger partial charge in [0.2, 0.25) is 0 Å². The second-order valence-corrected chi connectivity index (χ2v) is 7.44. The third-order valence-electron chi connectivity index (χ3n) is 4.27. The Kier molecular flexibility index (Phi) is 7.62. The Labute approximate surface area is 180 Å². The molecule has 156 valence electrons. The lowest BCUT2D eigenvalue weighted by Gasteiger charge is -2.07. The lowest BCUT2D eigenvalue weighted by atomic mass is 10.1. The summed E-state index contributed by atoms with van der Waals surface area (Å²) >= 11 is 1.34. The van der Waals surface area contributed by atoms with Crippen molar-refractivity contribution in [2.75, 3.05) is 12.4 Å². The Hall–Kier alpha value is -3.13. The van der Waals surface area contributed by atoms with E-state index in [9.17, 15) is 4.79 Å². The molecule has 0 aliphatic carbocycles. The molecule has 0 saturated heterocycles. The number of benzene rings is 2. The number of carbonyl (C=O) groups is 1. The van der Waals surface area contributed by atoms with Crippen molar-refractivity contribution in [2.45, 2.75) is 32.5 Å². The summed E-state index contributed by atoms with van der Waals surface area (Å²) in [5, 5.41) is 13.3. The van der Waals surface area contributed by atoms with Crippen LogP contribution in [-0.4, -0.2) is 39.2 Å². The first-order valence-electron chi connectivity index (χ1n) is 9.78. The number of rotatable bonds is 9. The van der Waals surface area contributed by atoms with Gasteiger partial charge in [-0.15, -0.1) is 10.2 Å². The third-order valence-corrected chi connectivity index (χ3v) is 5.24. The summed E-state index contributed by atoms with van der Waals surface area (Å²) in [6.07, 6.45) is 1.60. The Bertz CT molecular complexity index is 997. The van der Waals surface area contributed by atoms with E-state index in [-0.39, 0.29) is 11.7 Å². The van der Waals surface area contributed by atoms with Crippen LogP contribution in [0.2, 0.25) is 0 Å². The number of thioether (sulfide) groups is 1. The molecule has 1 heterocycles. The fraction of sp³-hybridized carbons (Fsp3) is 0.273. The van der Waals surface area contributed by atoms with Gasteiger partial charge in [0, 0.05) is 12.1 Å². The van der Waals surface area contributed by atoms with E-state index in [1.165, 1.54) is 17.3 Å². The van der Waals surface area contributed by atoms with E-state index in [1.54, 1.807) is 6.21 Å². The fourth-order valence-corrected chi connectivity index (χ4v) is 3.55. The highest BCUT2D eigenvalue weighted by molar-refractivity contribution is 7.99. The number of hydrazone groups is 1. The maximum absolute atomic E-state index is 12.1. The third kappa shape index (κ3) is 5.70. The number of hydrogen-bond donors (Lipinski definition) is 1. The van der Waals surface area contributed by atoms with Crippen LogP contribution < -0.4 is 10.2 Å². The van der Waals surface area contributed by atoms with Crippen molar-refractivity contribution in [3.8, 4) is 17.1 Å². The van der Waals surface area contributed by atoms with Crippen LogP contribution in [0.4, 0.5) is 0 Å². The van der Waals surface area contributed by atoms with Gasteiger partial charge in [-0.1, -0.05) is 41.6 Å². The van der Waals surface area contributed by atoms with Crippen LogP contribution >= 0.6 is 11.8 Å². The maximum atomic E-state index is 12.1. The fourth-order valence-electron chi connectivity index (χ4n) is 2.75. The number of hydrogen-bond acceptors (Lipinski definition) is 6. The van der Waals surface area contributed by atoms with Gasteiger partial charge >= 0.3 is 0 Å². The van der Waals surface area contributed by atoms with E-state index in [4.69, 9.17) is 4.74 Å². The molecule has 1 amide bonds. The van der Waals surface area contributed by atoms with Crippen LogP contribution in [0.5, 0.6) is 5.75 Å². The van der Waals surface area contributed by atoms with Gasteiger partial charge in [0.05, 0.1) is 18.6 Å². The molecule has 1 N–H and O–H groups in total. The molecule has 7 nitrogen and oxygen atoms in total. The van der Waals surface area contributed by atoms with Crippen LogP contribution in [0.25, 0.3) is 11.4 Å². The molecule has 30 heavy (non-hydrogen) atoms. The van der Waals surface area contributed by atoms with Crippen molar-refractivity contribution in [3.05, 3.63) is 59.7 Å². The normalized spacial score (nSPS) is 11.0. The highest BCUT2D eigenvalue weighted by Crippen LogP contribution is 2.24. The molecule has 0 aliphatic rings. The summed E-state index contributed by atoms with van der Waals surface area (Å²) in [6.45, 7) is 7.36. The smallest absolute Gasteiger partial charge is 0.250 e. The van der Waals surface area contributed by atoms with E-state index in [0.29, 0.717) is 11.8 Å². The van der Waals surface area contributed by atoms with Gasteiger partial charge in [0.25, 0.3) is 5.91 Å². The Morgan fingerprint density at radius 3 is 2.53 bits per heavy atom. The van der Waals surface area contributed by atoms with E-state index in [0.717, 1.165) is 29.2 Å². The SMILES string of the molecule is CCOc1ccc(/C=N\NC(=O)CSc2nnc(-c3ccc(C)cc3)n2CC)cc1. The second-order valence-electron chi connectivity index (χ2n) is 6.50. The number of nitrogens with one attached hydrogen (secondary N) is 1. The Balaban J connectivity index is 1.55. The monoisotopic (exact) mass is 423 g/mol. The molecule has 8 heteroatoms. The molecular formula is C22H25N5O2S. The molecule has 0 saturated carbocycles. The van der Waals surface area contributed by atoms with Crippen molar-refractivity contribution < 1.29 is 9.53 Å². The molecule has 2 aromatic carbocycles. The van der Waals surface area contributed by atoms with E-state index < -0.39 is 0 Å². The zero-order valence-electron chi connectivity index (χ0n) is 17.3. The standard InChI is InChI=1S/C22H25N5O2S/c1-4-27-21(18-10-6-16(3)7-11-18)25-26-22(27)30-15-20(28)24-23-14-17-8-12-19(13-9-17)29-5-2/h6-14H,4-5,15H2,1-3H3,(H,24,28)/b23-14-. The summed E-state index contributed by atoms with van der Waals surface area (Å²) in [7, 11) is 0. The van der Waals surface area contributed by atoms with E-state index >= 15 is 0 Å². The summed E-state index contributed by atoms with van der Waals surface area (Å²) < 4.78 is 7.41. The molecule has 3 aromatic rings. The minimum Gasteiger partial charge on any atom is -0.494 e. The topological polar surface area (TPSA) is 81.4 Å². The molecule has 0 fully saturated rings. The predicted octanol–water partition coefficient (Wildman–Crippen LogP) is 3.91. The van der Waals surface area contributed by atoms with E-state index in [1.807, 2.05) is 73.9 Å². The molecule has 1 aromatic heterocycles. The summed E-state index contributed by atoms with van der Waals surface area (Å²) in [5.41, 5.74) is 5.62. The number of aromatic nitrogens is 3. The average molecular weight is 424 g/mol. The zero-order valence-corrected chi connectivity index (χ0v) is 18.1. The number of aryl methyl sites for hydroxylation is 1. The van der Waals surface area contributed by atoms with Crippen molar-refractivity contribution in [1.29, 1.82) is 0 Å². The summed E-state index contributed by atoms with van der Waals surface area (Å²) in [6, 6.07) is 15.7. The minimum atomic E-state index is -0.204. The maximum Gasteiger partial charge on any atom is 0.250 e. The average Bonchev–Trinajstić information content (AvgIpc) is 3.17. The number of ether oxygens (including phenoxy) is 1. The number of carbonyl (C=O) groups excluding carboxylic acids is 1. The lowest BCUT2D eigenvalue weighted by Crippen LogP contribution is -2.20. The summed E-state index contributed by atoms with van der Waals surface area (Å²) in [5.74, 6) is 1.60. The molecular weight excluding hydrogens is 398 g/mol. The number of amides is 1. The van der Waals surface area contributed by atoms with Crippen LogP contribution in [-0.2, 0) is 11.3 Å². The van der Waals surface area contributed by atoms with Gasteiger partial charge in [-0.25, -0.2) is 5.43 Å². The van der Waals surface area contributed by atoms with Crippen LogP contribution in [0.15, 0.2) is 58.8 Å². The highest BCUT2D eigenvalue weighted by Gasteiger charge is 2.14. The molecule has 0 radical (unpaired) electrons. The number of nitrogens with zero attached hydrogens (tertiary/aromatic N) is 4. The van der Waals surface area contributed by atoms with Crippen LogP contribution in [0.1, 0.15) is 25.0 Å².